The molecule has 0 saturated heterocycles. The van der Waals surface area contributed by atoms with Gasteiger partial charge in [0.25, 0.3) is 0 Å². The summed E-state index contributed by atoms with van der Waals surface area (Å²) in [6, 6.07) is 3.36. The van der Waals surface area contributed by atoms with Crippen LogP contribution in [0.5, 0.6) is 23.0 Å². The Hall–Kier alpha value is -2.45. The molecular weight excluding hydrogens is 592 g/mol. The summed E-state index contributed by atoms with van der Waals surface area (Å²) in [5.74, 6) is 1.32. The lowest BCUT2D eigenvalue weighted by Gasteiger charge is -2.17. The van der Waals surface area contributed by atoms with Crippen molar-refractivity contribution in [3.63, 3.8) is 0 Å². The van der Waals surface area contributed by atoms with Gasteiger partial charge in [-0.05, 0) is 40.5 Å². The minimum absolute atomic E-state index is 0.125. The van der Waals surface area contributed by atoms with Gasteiger partial charge in [-0.25, -0.2) is 0 Å². The van der Waals surface area contributed by atoms with Crippen molar-refractivity contribution in [3.05, 3.63) is 56.8 Å². The summed E-state index contributed by atoms with van der Waals surface area (Å²) in [7, 11) is 1.55. The van der Waals surface area contributed by atoms with E-state index in [0.29, 0.717) is 76.1 Å². The van der Waals surface area contributed by atoms with Gasteiger partial charge in [0.05, 0.1) is 25.7 Å². The Balaban J connectivity index is 2.44. The van der Waals surface area contributed by atoms with Crippen LogP contribution < -0.4 is 19.6 Å². The van der Waals surface area contributed by atoms with Crippen molar-refractivity contribution < 1.29 is 23.7 Å². The molecule has 0 aliphatic heterocycles. The molecule has 0 amide bonds. The van der Waals surface area contributed by atoms with Crippen LogP contribution in [-0.2, 0) is 12.8 Å². The first-order chi connectivity index (χ1) is 17.2. The van der Waals surface area contributed by atoms with E-state index < -0.39 is 0 Å². The smallest absolute Gasteiger partial charge is 0.204 e. The Morgan fingerprint density at radius 1 is 0.889 bits per heavy atom. The van der Waals surface area contributed by atoms with Crippen LogP contribution in [0.1, 0.15) is 38.8 Å². The molecular formula is C28H32Br2O6. The maximum atomic E-state index is 14.0. The lowest BCUT2D eigenvalue weighted by Crippen LogP contribution is -2.10. The van der Waals surface area contributed by atoms with E-state index in [-0.39, 0.29) is 22.1 Å². The Kier molecular flexibility index (Phi) is 9.91. The third-order valence-electron chi connectivity index (χ3n) is 5.61. The summed E-state index contributed by atoms with van der Waals surface area (Å²) >= 11 is 6.76. The SMILES string of the molecule is COc1c(OCCBr)cc2oc3cc(OCCBr)c(CC=C(C)C)c(O)c3c(=O)c2c1CC=C(C)C. The van der Waals surface area contributed by atoms with Gasteiger partial charge in [-0.15, -0.1) is 0 Å². The van der Waals surface area contributed by atoms with Crippen molar-refractivity contribution in [2.24, 2.45) is 0 Å². The maximum absolute atomic E-state index is 14.0. The fourth-order valence-electron chi connectivity index (χ4n) is 3.96. The quantitative estimate of drug-likeness (QED) is 0.138. The first-order valence-electron chi connectivity index (χ1n) is 11.7. The number of hydrogen-bond acceptors (Lipinski definition) is 6. The Bertz CT molecular complexity index is 1360. The van der Waals surface area contributed by atoms with Crippen LogP contribution in [-0.4, -0.2) is 36.1 Å². The van der Waals surface area contributed by atoms with Gasteiger partial charge >= 0.3 is 0 Å². The van der Waals surface area contributed by atoms with Gasteiger partial charge in [-0.1, -0.05) is 55.2 Å². The predicted octanol–water partition coefficient (Wildman–Crippen LogP) is 7.23. The van der Waals surface area contributed by atoms with E-state index in [9.17, 15) is 9.90 Å². The molecule has 0 spiro atoms. The van der Waals surface area contributed by atoms with Crippen molar-refractivity contribution in [3.8, 4) is 23.0 Å². The van der Waals surface area contributed by atoms with Crippen molar-refractivity contribution >= 4 is 53.8 Å². The normalized spacial score (nSPS) is 11.0. The lowest BCUT2D eigenvalue weighted by molar-refractivity contribution is 0.313. The number of benzene rings is 2. The number of phenols is 1. The molecule has 0 bridgehead atoms. The van der Waals surface area contributed by atoms with Crippen LogP contribution in [0.2, 0.25) is 0 Å². The highest BCUT2D eigenvalue weighted by Crippen LogP contribution is 2.41. The highest BCUT2D eigenvalue weighted by Gasteiger charge is 2.24. The molecule has 3 rings (SSSR count). The summed E-state index contributed by atoms with van der Waals surface area (Å²) in [4.78, 5) is 14.0. The standard InChI is InChI=1S/C28H32Br2O6/c1-16(2)6-8-18-20(34-12-10-29)14-22-25(26(18)31)27(32)24-19(9-7-17(3)4)28(33-5)23(35-13-11-30)15-21(24)36-22/h6-7,14-15,31H,8-13H2,1-5H3. The van der Waals surface area contributed by atoms with E-state index >= 15 is 0 Å². The van der Waals surface area contributed by atoms with E-state index in [0.717, 1.165) is 11.1 Å². The van der Waals surface area contributed by atoms with Crippen molar-refractivity contribution in [1.29, 1.82) is 0 Å². The minimum atomic E-state index is -0.322. The second-order valence-electron chi connectivity index (χ2n) is 8.81. The molecule has 2 aromatic carbocycles. The van der Waals surface area contributed by atoms with Crippen LogP contribution in [0.25, 0.3) is 21.9 Å². The maximum Gasteiger partial charge on any atom is 0.204 e. The molecule has 0 saturated carbocycles. The van der Waals surface area contributed by atoms with Gasteiger partial charge in [0.1, 0.15) is 28.1 Å². The van der Waals surface area contributed by atoms with E-state index in [2.05, 4.69) is 31.9 Å². The Morgan fingerprint density at radius 2 is 1.42 bits per heavy atom. The average molecular weight is 624 g/mol. The molecule has 3 aromatic rings. The molecule has 1 N–H and O–H groups in total. The second-order valence-corrected chi connectivity index (χ2v) is 10.4. The molecule has 6 nitrogen and oxygen atoms in total. The van der Waals surface area contributed by atoms with Gasteiger partial charge < -0.3 is 23.7 Å². The molecule has 194 valence electrons. The summed E-state index contributed by atoms with van der Waals surface area (Å²) in [5, 5.41) is 13.1. The van der Waals surface area contributed by atoms with Crippen LogP contribution in [0.4, 0.5) is 0 Å². The zero-order valence-corrected chi connectivity index (χ0v) is 24.5. The molecule has 0 atom stereocenters. The monoisotopic (exact) mass is 622 g/mol. The summed E-state index contributed by atoms with van der Waals surface area (Å²) in [6.45, 7) is 8.77. The van der Waals surface area contributed by atoms with Gasteiger partial charge in [-0.2, -0.15) is 0 Å². The van der Waals surface area contributed by atoms with Gasteiger partial charge in [0, 0.05) is 33.9 Å². The molecule has 1 aromatic heterocycles. The van der Waals surface area contributed by atoms with Crippen molar-refractivity contribution in [1.82, 2.24) is 0 Å². The van der Waals surface area contributed by atoms with Gasteiger partial charge in [-0.3, -0.25) is 4.79 Å². The largest absolute Gasteiger partial charge is 0.507 e. The predicted molar refractivity (Wildman–Crippen MR) is 153 cm³/mol. The van der Waals surface area contributed by atoms with E-state index in [1.165, 1.54) is 0 Å². The molecule has 0 radical (unpaired) electrons. The molecule has 0 aliphatic rings. The van der Waals surface area contributed by atoms with Crippen LogP contribution >= 0.6 is 31.9 Å². The fourth-order valence-corrected chi connectivity index (χ4v) is 4.29. The lowest BCUT2D eigenvalue weighted by atomic mass is 9.98. The zero-order valence-electron chi connectivity index (χ0n) is 21.3. The van der Waals surface area contributed by atoms with E-state index in [4.69, 9.17) is 18.6 Å². The van der Waals surface area contributed by atoms with Crippen molar-refractivity contribution in [2.45, 2.75) is 40.5 Å². The minimum Gasteiger partial charge on any atom is -0.507 e. The molecule has 0 fully saturated rings. The topological polar surface area (TPSA) is 78.1 Å². The molecule has 1 heterocycles. The highest BCUT2D eigenvalue weighted by atomic mass is 79.9. The number of ether oxygens (including phenoxy) is 3. The highest BCUT2D eigenvalue weighted by molar-refractivity contribution is 9.09. The fraction of sp³-hybridized carbons (Fsp3) is 0.393. The number of halogens is 2. The number of phenolic OH excluding ortho intramolecular Hbond substituents is 1. The number of rotatable bonds is 11. The molecule has 36 heavy (non-hydrogen) atoms. The van der Waals surface area contributed by atoms with E-state index in [1.54, 1.807) is 19.2 Å². The van der Waals surface area contributed by atoms with Gasteiger partial charge in [0.2, 0.25) is 5.43 Å². The zero-order chi connectivity index (χ0) is 26.4. The summed E-state index contributed by atoms with van der Waals surface area (Å²) in [6.07, 6.45) is 4.88. The van der Waals surface area contributed by atoms with Crippen molar-refractivity contribution in [2.75, 3.05) is 31.0 Å². The summed E-state index contributed by atoms with van der Waals surface area (Å²) < 4.78 is 23.8. The number of fused-ring (bicyclic) bond motifs is 2. The van der Waals surface area contributed by atoms with Gasteiger partial charge in [0.15, 0.2) is 11.5 Å². The Morgan fingerprint density at radius 3 is 1.97 bits per heavy atom. The summed E-state index contributed by atoms with van der Waals surface area (Å²) in [5.41, 5.74) is 3.68. The Labute approximate surface area is 228 Å². The third-order valence-corrected chi connectivity index (χ3v) is 6.26. The van der Waals surface area contributed by atoms with Crippen LogP contribution in [0.3, 0.4) is 0 Å². The number of hydrogen-bond donors (Lipinski definition) is 1. The number of methoxy groups -OCH3 is 1. The van der Waals surface area contributed by atoms with E-state index in [1.807, 2.05) is 39.8 Å². The molecule has 8 heteroatoms. The number of alkyl halides is 2. The first kappa shape index (κ1) is 28.1. The number of aromatic hydroxyl groups is 1. The average Bonchev–Trinajstić information content (AvgIpc) is 2.83. The third kappa shape index (κ3) is 6.09. The molecule has 0 aliphatic carbocycles. The first-order valence-corrected chi connectivity index (χ1v) is 14.0. The second kappa shape index (κ2) is 12.7. The van der Waals surface area contributed by atoms with Crippen LogP contribution in [0, 0.1) is 0 Å². The molecule has 0 unspecified atom stereocenters. The number of allylic oxidation sites excluding steroid dienone is 4. The van der Waals surface area contributed by atoms with Crippen LogP contribution in [0.15, 0.2) is 44.6 Å².